The van der Waals surface area contributed by atoms with Gasteiger partial charge in [0.25, 0.3) is 0 Å². The molecule has 2 N–H and O–H groups in total. The molecule has 3 nitrogen and oxygen atoms in total. The number of aliphatic hydroxyl groups excluding tert-OH is 2. The summed E-state index contributed by atoms with van der Waals surface area (Å²) < 4.78 is 5.13. The van der Waals surface area contributed by atoms with E-state index in [9.17, 15) is 10.2 Å². The van der Waals surface area contributed by atoms with Gasteiger partial charge in [0.1, 0.15) is 11.9 Å². The van der Waals surface area contributed by atoms with Crippen LogP contribution in [0.2, 0.25) is 0 Å². The van der Waals surface area contributed by atoms with E-state index in [1.165, 1.54) is 0 Å². The van der Waals surface area contributed by atoms with E-state index in [-0.39, 0.29) is 0 Å². The molecule has 2 aromatic carbocycles. The van der Waals surface area contributed by atoms with Crippen LogP contribution in [-0.2, 0) is 0 Å². The second-order valence-corrected chi connectivity index (χ2v) is 3.65. The van der Waals surface area contributed by atoms with E-state index >= 15 is 0 Å². The third-order valence-corrected chi connectivity index (χ3v) is 2.74. The van der Waals surface area contributed by atoms with E-state index in [0.717, 1.165) is 10.8 Å². The maximum atomic E-state index is 9.77. The lowest BCUT2D eigenvalue weighted by Crippen LogP contribution is -2.16. The first-order chi connectivity index (χ1) is 7.27. The standard InChI is InChI=1S/C12H10O3/c13-11-10-8-4-2-1-3-7(8)5-6-9(10)15-12(11)14/h1-6,11-14H/t11-,12+/m1/s1. The summed E-state index contributed by atoms with van der Waals surface area (Å²) >= 11 is 0. The summed E-state index contributed by atoms with van der Waals surface area (Å²) in [4.78, 5) is 0. The molecule has 0 fully saturated rings. The van der Waals surface area contributed by atoms with Gasteiger partial charge in [0.05, 0.1) is 0 Å². The van der Waals surface area contributed by atoms with E-state index in [2.05, 4.69) is 0 Å². The lowest BCUT2D eigenvalue weighted by Gasteiger charge is -2.06. The van der Waals surface area contributed by atoms with Gasteiger partial charge in [-0.1, -0.05) is 30.3 Å². The van der Waals surface area contributed by atoms with Crippen molar-refractivity contribution in [3.05, 3.63) is 42.0 Å². The van der Waals surface area contributed by atoms with Crippen LogP contribution in [0.3, 0.4) is 0 Å². The zero-order valence-electron chi connectivity index (χ0n) is 7.92. The van der Waals surface area contributed by atoms with Gasteiger partial charge >= 0.3 is 0 Å². The Morgan fingerprint density at radius 1 is 1.00 bits per heavy atom. The summed E-state index contributed by atoms with van der Waals surface area (Å²) in [5.74, 6) is 0.564. The van der Waals surface area contributed by atoms with Gasteiger partial charge < -0.3 is 14.9 Å². The molecule has 1 aliphatic rings. The molecule has 0 aliphatic carbocycles. The number of hydrogen-bond donors (Lipinski definition) is 2. The van der Waals surface area contributed by atoms with Crippen LogP contribution in [0, 0.1) is 0 Å². The van der Waals surface area contributed by atoms with Gasteiger partial charge in [0.2, 0.25) is 6.29 Å². The Hall–Kier alpha value is -1.58. The third kappa shape index (κ3) is 1.14. The Bertz CT molecular complexity index is 521. The van der Waals surface area contributed by atoms with Crippen molar-refractivity contribution in [1.82, 2.24) is 0 Å². The second kappa shape index (κ2) is 2.95. The maximum Gasteiger partial charge on any atom is 0.228 e. The molecule has 0 spiro atoms. The smallest absolute Gasteiger partial charge is 0.228 e. The number of hydrogen-bond acceptors (Lipinski definition) is 3. The van der Waals surface area contributed by atoms with Crippen molar-refractivity contribution in [2.45, 2.75) is 12.4 Å². The first-order valence-electron chi connectivity index (χ1n) is 4.82. The average Bonchev–Trinajstić information content (AvgIpc) is 2.55. The zero-order chi connectivity index (χ0) is 10.4. The maximum absolute atomic E-state index is 9.77. The van der Waals surface area contributed by atoms with Crippen molar-refractivity contribution in [2.24, 2.45) is 0 Å². The van der Waals surface area contributed by atoms with Crippen LogP contribution in [0.15, 0.2) is 36.4 Å². The normalized spacial score (nSPS) is 23.9. The highest BCUT2D eigenvalue weighted by atomic mass is 16.6. The number of aliphatic hydroxyl groups is 2. The van der Waals surface area contributed by atoms with Crippen molar-refractivity contribution >= 4 is 10.8 Å². The van der Waals surface area contributed by atoms with Crippen molar-refractivity contribution in [2.75, 3.05) is 0 Å². The topological polar surface area (TPSA) is 49.7 Å². The van der Waals surface area contributed by atoms with Gasteiger partial charge in [-0.2, -0.15) is 0 Å². The van der Waals surface area contributed by atoms with Crippen LogP contribution in [0.5, 0.6) is 5.75 Å². The summed E-state index contributed by atoms with van der Waals surface area (Å²) in [5.41, 5.74) is 0.681. The highest BCUT2D eigenvalue weighted by Crippen LogP contribution is 2.40. The van der Waals surface area contributed by atoms with Gasteiger partial charge in [-0.05, 0) is 16.8 Å². The molecule has 0 unspecified atom stereocenters. The molecule has 0 aromatic heterocycles. The average molecular weight is 202 g/mol. The Labute approximate surface area is 86.5 Å². The fraction of sp³-hybridized carbons (Fsp3) is 0.167. The molecule has 0 radical (unpaired) electrons. The molecule has 3 rings (SSSR count). The van der Waals surface area contributed by atoms with Crippen LogP contribution in [0.25, 0.3) is 10.8 Å². The SMILES string of the molecule is O[C@@H]1c2c(ccc3ccccc23)O[C@@H]1O. The molecule has 15 heavy (non-hydrogen) atoms. The van der Waals surface area contributed by atoms with Gasteiger partial charge in [0, 0.05) is 5.56 Å². The number of ether oxygens (including phenoxy) is 1. The van der Waals surface area contributed by atoms with Gasteiger partial charge in [-0.25, -0.2) is 0 Å². The van der Waals surface area contributed by atoms with Crippen molar-refractivity contribution in [3.63, 3.8) is 0 Å². The summed E-state index contributed by atoms with van der Waals surface area (Å²) in [6.07, 6.45) is -2.10. The molecule has 2 atom stereocenters. The Morgan fingerprint density at radius 3 is 2.67 bits per heavy atom. The molecule has 2 aromatic rings. The summed E-state index contributed by atoms with van der Waals surface area (Å²) in [7, 11) is 0. The molecule has 0 saturated heterocycles. The van der Waals surface area contributed by atoms with Gasteiger partial charge in [-0.3, -0.25) is 0 Å². The highest BCUT2D eigenvalue weighted by molar-refractivity contribution is 5.88. The molecule has 76 valence electrons. The van der Waals surface area contributed by atoms with Crippen LogP contribution in [0.4, 0.5) is 0 Å². The van der Waals surface area contributed by atoms with Crippen LogP contribution >= 0.6 is 0 Å². The summed E-state index contributed by atoms with van der Waals surface area (Å²) in [6.45, 7) is 0. The number of rotatable bonds is 0. The lowest BCUT2D eigenvalue weighted by molar-refractivity contribution is -0.0824. The van der Waals surface area contributed by atoms with Crippen molar-refractivity contribution < 1.29 is 14.9 Å². The largest absolute Gasteiger partial charge is 0.462 e. The minimum atomic E-state index is -1.15. The van der Waals surface area contributed by atoms with E-state index in [1.807, 2.05) is 30.3 Å². The van der Waals surface area contributed by atoms with Gasteiger partial charge in [0.15, 0.2) is 0 Å². The Morgan fingerprint density at radius 2 is 1.80 bits per heavy atom. The van der Waals surface area contributed by atoms with Crippen molar-refractivity contribution in [3.8, 4) is 5.75 Å². The zero-order valence-corrected chi connectivity index (χ0v) is 7.92. The number of benzene rings is 2. The third-order valence-electron chi connectivity index (χ3n) is 2.74. The Kier molecular flexibility index (Phi) is 1.71. The van der Waals surface area contributed by atoms with Crippen LogP contribution in [0.1, 0.15) is 11.7 Å². The monoisotopic (exact) mass is 202 g/mol. The molecular weight excluding hydrogens is 192 g/mol. The first-order valence-corrected chi connectivity index (χ1v) is 4.82. The fourth-order valence-electron chi connectivity index (χ4n) is 2.02. The predicted molar refractivity (Wildman–Crippen MR) is 55.5 cm³/mol. The molecular formula is C12H10O3. The minimum Gasteiger partial charge on any atom is -0.462 e. The van der Waals surface area contributed by atoms with Crippen molar-refractivity contribution in [1.29, 1.82) is 0 Å². The molecule has 1 heterocycles. The Balaban J connectivity index is 2.35. The molecule has 0 saturated carbocycles. The summed E-state index contributed by atoms with van der Waals surface area (Å²) in [6, 6.07) is 11.4. The minimum absolute atomic E-state index is 0.564. The molecule has 0 amide bonds. The van der Waals surface area contributed by atoms with E-state index in [4.69, 9.17) is 4.74 Å². The van der Waals surface area contributed by atoms with E-state index in [1.54, 1.807) is 6.07 Å². The van der Waals surface area contributed by atoms with E-state index in [0.29, 0.717) is 11.3 Å². The lowest BCUT2D eigenvalue weighted by atomic mass is 10.0. The van der Waals surface area contributed by atoms with Gasteiger partial charge in [-0.15, -0.1) is 0 Å². The van der Waals surface area contributed by atoms with Crippen LogP contribution in [-0.4, -0.2) is 16.5 Å². The molecule has 0 bridgehead atoms. The molecule has 1 aliphatic heterocycles. The number of fused-ring (bicyclic) bond motifs is 3. The van der Waals surface area contributed by atoms with Crippen LogP contribution < -0.4 is 4.74 Å². The molecule has 3 heteroatoms. The van der Waals surface area contributed by atoms with E-state index < -0.39 is 12.4 Å². The highest BCUT2D eigenvalue weighted by Gasteiger charge is 2.32. The quantitative estimate of drug-likeness (QED) is 0.682. The second-order valence-electron chi connectivity index (χ2n) is 3.65. The first kappa shape index (κ1) is 8.71. The predicted octanol–water partition coefficient (Wildman–Crippen LogP) is 1.58. The summed E-state index contributed by atoms with van der Waals surface area (Å²) in [5, 5.41) is 21.1. The fourth-order valence-corrected chi connectivity index (χ4v) is 2.02.